The van der Waals surface area contributed by atoms with Crippen LogP contribution < -0.4 is 5.32 Å². The van der Waals surface area contributed by atoms with Crippen molar-refractivity contribution in [3.63, 3.8) is 0 Å². The standard InChI is InChI=1S/C73H137NO5/c1-3-5-7-9-11-13-15-17-37-41-45-49-53-57-61-65-71(76)70(69-75)74-72(77)66-62-58-54-50-46-42-39-35-33-31-29-27-25-23-21-19-20-22-24-26-28-30-32-34-36-40-44-48-52-56-60-64-68-79-73(78)67-63-59-55-51-47-43-38-18-16-14-12-10-8-6-4-2/h12,14,18,22,24,38,61,65,70-71,75-76H,3-11,13,15-17,19-21,23,25-37,39-60,62-64,66-69H2,1-2H3,(H,74,77)/b14-12-,24-22-,38-18-,65-61+. The average Bonchev–Trinajstić information content (AvgIpc) is 3.45. The number of rotatable bonds is 66. The van der Waals surface area contributed by atoms with Crippen molar-refractivity contribution in [2.45, 2.75) is 392 Å². The molecule has 0 aliphatic heterocycles. The molecule has 0 aromatic rings. The lowest BCUT2D eigenvalue weighted by Gasteiger charge is -2.20. The van der Waals surface area contributed by atoms with E-state index in [1.165, 1.54) is 302 Å². The Morgan fingerprint density at radius 1 is 0.354 bits per heavy atom. The molecule has 0 aromatic carbocycles. The summed E-state index contributed by atoms with van der Waals surface area (Å²) in [6, 6.07) is -0.626. The van der Waals surface area contributed by atoms with E-state index in [9.17, 15) is 19.8 Å². The first-order valence-electron chi connectivity index (χ1n) is 35.4. The molecule has 6 heteroatoms. The van der Waals surface area contributed by atoms with Crippen LogP contribution in [0.25, 0.3) is 0 Å². The lowest BCUT2D eigenvalue weighted by molar-refractivity contribution is -0.143. The Kier molecular flexibility index (Phi) is 66.4. The molecule has 0 heterocycles. The molecule has 0 radical (unpaired) electrons. The second kappa shape index (κ2) is 68.3. The molecule has 0 saturated heterocycles. The van der Waals surface area contributed by atoms with E-state index in [1.54, 1.807) is 6.08 Å². The molecule has 464 valence electrons. The van der Waals surface area contributed by atoms with E-state index in [2.05, 4.69) is 55.6 Å². The first-order chi connectivity index (χ1) is 39.0. The molecule has 1 amide bonds. The van der Waals surface area contributed by atoms with Gasteiger partial charge >= 0.3 is 5.97 Å². The monoisotopic (exact) mass is 1110 g/mol. The van der Waals surface area contributed by atoms with Crippen LogP contribution in [0.15, 0.2) is 48.6 Å². The maximum Gasteiger partial charge on any atom is 0.305 e. The summed E-state index contributed by atoms with van der Waals surface area (Å²) in [5, 5.41) is 23.2. The van der Waals surface area contributed by atoms with Gasteiger partial charge in [-0.25, -0.2) is 0 Å². The summed E-state index contributed by atoms with van der Waals surface area (Å²) < 4.78 is 5.49. The molecular formula is C73H137NO5. The van der Waals surface area contributed by atoms with Crippen LogP contribution in [0.3, 0.4) is 0 Å². The largest absolute Gasteiger partial charge is 0.466 e. The van der Waals surface area contributed by atoms with Crippen molar-refractivity contribution in [2.24, 2.45) is 0 Å². The quantitative estimate of drug-likeness (QED) is 0.0320. The zero-order valence-electron chi connectivity index (χ0n) is 53.1. The van der Waals surface area contributed by atoms with E-state index in [-0.39, 0.29) is 18.5 Å². The molecule has 0 rings (SSSR count). The molecule has 3 N–H and O–H groups in total. The maximum absolute atomic E-state index is 12.5. The van der Waals surface area contributed by atoms with Gasteiger partial charge in [0.15, 0.2) is 0 Å². The summed E-state index contributed by atoms with van der Waals surface area (Å²) >= 11 is 0. The van der Waals surface area contributed by atoms with Gasteiger partial charge in [-0.2, -0.15) is 0 Å². The van der Waals surface area contributed by atoms with Gasteiger partial charge in [0.1, 0.15) is 0 Å². The van der Waals surface area contributed by atoms with Gasteiger partial charge in [0.25, 0.3) is 0 Å². The van der Waals surface area contributed by atoms with Crippen molar-refractivity contribution in [3.8, 4) is 0 Å². The van der Waals surface area contributed by atoms with Crippen molar-refractivity contribution in [1.29, 1.82) is 0 Å². The first kappa shape index (κ1) is 76.8. The fraction of sp³-hybridized carbons (Fsp3) is 0.863. The van der Waals surface area contributed by atoms with Gasteiger partial charge < -0.3 is 20.3 Å². The number of amides is 1. The third-order valence-corrected chi connectivity index (χ3v) is 16.3. The van der Waals surface area contributed by atoms with Gasteiger partial charge in [0, 0.05) is 12.8 Å². The minimum atomic E-state index is -0.843. The first-order valence-corrected chi connectivity index (χ1v) is 35.4. The fourth-order valence-electron chi connectivity index (χ4n) is 10.9. The van der Waals surface area contributed by atoms with E-state index >= 15 is 0 Å². The second-order valence-corrected chi connectivity index (χ2v) is 24.2. The lowest BCUT2D eigenvalue weighted by atomic mass is 10.0. The Labute approximate surface area is 493 Å². The Morgan fingerprint density at radius 3 is 1.00 bits per heavy atom. The van der Waals surface area contributed by atoms with Crippen molar-refractivity contribution in [1.82, 2.24) is 5.32 Å². The number of aliphatic hydroxyl groups excluding tert-OH is 2. The number of carbonyl (C=O) groups excluding carboxylic acids is 2. The molecule has 0 aliphatic carbocycles. The van der Waals surface area contributed by atoms with Crippen LogP contribution in [0.5, 0.6) is 0 Å². The van der Waals surface area contributed by atoms with Crippen LogP contribution in [-0.2, 0) is 14.3 Å². The van der Waals surface area contributed by atoms with E-state index < -0.39 is 12.1 Å². The van der Waals surface area contributed by atoms with Gasteiger partial charge in [-0.3, -0.25) is 9.59 Å². The highest BCUT2D eigenvalue weighted by atomic mass is 16.5. The predicted octanol–water partition coefficient (Wildman–Crippen LogP) is 22.9. The van der Waals surface area contributed by atoms with Crippen molar-refractivity contribution < 1.29 is 24.5 Å². The molecule has 0 spiro atoms. The topological polar surface area (TPSA) is 95.9 Å². The summed E-state index contributed by atoms with van der Waals surface area (Å²) in [4.78, 5) is 24.5. The summed E-state index contributed by atoms with van der Waals surface area (Å²) in [6.07, 6.45) is 89.1. The molecule has 0 aliphatic rings. The Balaban J connectivity index is 3.37. The highest BCUT2D eigenvalue weighted by Gasteiger charge is 2.18. The van der Waals surface area contributed by atoms with Gasteiger partial charge in [0.05, 0.1) is 25.4 Å². The number of esters is 1. The summed E-state index contributed by atoms with van der Waals surface area (Å²) in [5.41, 5.74) is 0. The molecule has 0 saturated carbocycles. The van der Waals surface area contributed by atoms with E-state index in [0.29, 0.717) is 19.4 Å². The van der Waals surface area contributed by atoms with Gasteiger partial charge in [-0.15, -0.1) is 0 Å². The van der Waals surface area contributed by atoms with Gasteiger partial charge in [-0.1, -0.05) is 326 Å². The molecular weight excluding hydrogens is 971 g/mol. The number of ether oxygens (including phenoxy) is 1. The fourth-order valence-corrected chi connectivity index (χ4v) is 10.9. The second-order valence-electron chi connectivity index (χ2n) is 24.2. The highest BCUT2D eigenvalue weighted by Crippen LogP contribution is 2.18. The van der Waals surface area contributed by atoms with E-state index in [0.717, 1.165) is 51.4 Å². The van der Waals surface area contributed by atoms with Crippen LogP contribution in [0, 0.1) is 0 Å². The molecule has 0 bridgehead atoms. The molecule has 0 fully saturated rings. The van der Waals surface area contributed by atoms with Crippen molar-refractivity contribution >= 4 is 11.9 Å². The maximum atomic E-state index is 12.5. The summed E-state index contributed by atoms with van der Waals surface area (Å²) in [7, 11) is 0. The predicted molar refractivity (Wildman–Crippen MR) is 347 cm³/mol. The number of allylic oxidation sites excluding steroid dienone is 7. The normalized spacial score (nSPS) is 12.8. The third kappa shape index (κ3) is 64.8. The van der Waals surface area contributed by atoms with Gasteiger partial charge in [0.2, 0.25) is 5.91 Å². The molecule has 2 atom stereocenters. The number of carbonyl (C=O) groups is 2. The van der Waals surface area contributed by atoms with E-state index in [4.69, 9.17) is 4.74 Å². The lowest BCUT2D eigenvalue weighted by Crippen LogP contribution is -2.45. The minimum Gasteiger partial charge on any atom is -0.466 e. The zero-order valence-corrected chi connectivity index (χ0v) is 53.1. The zero-order chi connectivity index (χ0) is 57.1. The van der Waals surface area contributed by atoms with Crippen LogP contribution >= 0.6 is 0 Å². The SMILES string of the molecule is CCCCC/C=C\C/C=C\CCCCCCCC(=O)OCCCCCCCCCCCCCC/C=C\CCCCCCCCCCCCCCCCCCC(=O)NC(CO)C(O)/C=C/CCCCCCCCCCCCCCC. The minimum absolute atomic E-state index is 0.00391. The van der Waals surface area contributed by atoms with Crippen LogP contribution in [0.1, 0.15) is 380 Å². The summed E-state index contributed by atoms with van der Waals surface area (Å²) in [6.45, 7) is 4.89. The van der Waals surface area contributed by atoms with Gasteiger partial charge in [-0.05, 0) is 89.9 Å². The number of hydrogen-bond donors (Lipinski definition) is 3. The molecule has 0 aromatic heterocycles. The summed E-state index contributed by atoms with van der Waals surface area (Å²) in [5.74, 6) is -0.0598. The van der Waals surface area contributed by atoms with Crippen LogP contribution in [-0.4, -0.2) is 47.4 Å². The van der Waals surface area contributed by atoms with Crippen molar-refractivity contribution in [2.75, 3.05) is 13.2 Å². The smallest absolute Gasteiger partial charge is 0.305 e. The number of nitrogens with one attached hydrogen (secondary N) is 1. The van der Waals surface area contributed by atoms with E-state index in [1.807, 2.05) is 6.08 Å². The van der Waals surface area contributed by atoms with Crippen LogP contribution in [0.4, 0.5) is 0 Å². The Bertz CT molecular complexity index is 1320. The molecule has 2 unspecified atom stereocenters. The Hall–Kier alpha value is -2.18. The number of hydrogen-bond acceptors (Lipinski definition) is 5. The third-order valence-electron chi connectivity index (χ3n) is 16.3. The molecule has 79 heavy (non-hydrogen) atoms. The Morgan fingerprint density at radius 2 is 0.633 bits per heavy atom. The average molecular weight is 1110 g/mol. The molecule has 6 nitrogen and oxygen atoms in total. The van der Waals surface area contributed by atoms with Crippen LogP contribution in [0.2, 0.25) is 0 Å². The highest BCUT2D eigenvalue weighted by molar-refractivity contribution is 5.76. The van der Waals surface area contributed by atoms with Crippen molar-refractivity contribution in [3.05, 3.63) is 48.6 Å². The number of unbranched alkanes of at least 4 members (excludes halogenated alkanes) is 49. The number of aliphatic hydroxyl groups is 2.